The standard InChI is InChI=1S/C34H43N9O7/c1-20(2)13-25(31(35)46)38-33(48)27-19-50-18-23-15-37-41-43(23)17-29(44)36-16-30(45)42-12-6-11-28(42)34(49)39-26(32(47)40-27)14-22-9-5-8-21-7-3-4-10-24(21)22/h3-5,7-10,15,20,25-28H,6,11-14,16-19H2,1-2H3,(H2,35,46)(H,36,44)(H,38,48)(H,39,49)(H,40,47)/t25-,26-,27-,28-/m0/s1. The van der Waals surface area contributed by atoms with E-state index in [4.69, 9.17) is 10.5 Å². The molecule has 1 aromatic heterocycles. The summed E-state index contributed by atoms with van der Waals surface area (Å²) in [5, 5.41) is 20.4. The number of aromatic nitrogens is 3. The van der Waals surface area contributed by atoms with Gasteiger partial charge in [-0.05, 0) is 41.5 Å². The number of carbonyl (C=O) groups is 6. The molecule has 6 amide bonds. The number of hydrogen-bond acceptors (Lipinski definition) is 9. The number of fused-ring (bicyclic) bond motifs is 3. The molecule has 0 aliphatic carbocycles. The first-order chi connectivity index (χ1) is 24.0. The van der Waals surface area contributed by atoms with Crippen molar-refractivity contribution >= 4 is 46.2 Å². The summed E-state index contributed by atoms with van der Waals surface area (Å²) in [6, 6.07) is 8.90. The van der Waals surface area contributed by atoms with Gasteiger partial charge >= 0.3 is 0 Å². The van der Waals surface area contributed by atoms with Crippen molar-refractivity contribution in [3.8, 4) is 0 Å². The quantitative estimate of drug-likeness (QED) is 0.211. The van der Waals surface area contributed by atoms with E-state index < -0.39 is 59.6 Å². The van der Waals surface area contributed by atoms with E-state index in [-0.39, 0.29) is 45.1 Å². The van der Waals surface area contributed by atoms with E-state index >= 15 is 0 Å². The Morgan fingerprint density at radius 3 is 2.62 bits per heavy atom. The highest BCUT2D eigenvalue weighted by molar-refractivity contribution is 5.96. The van der Waals surface area contributed by atoms with E-state index in [0.29, 0.717) is 25.1 Å². The summed E-state index contributed by atoms with van der Waals surface area (Å²) >= 11 is 0. The molecule has 3 aromatic rings. The molecule has 266 valence electrons. The second kappa shape index (κ2) is 16.3. The minimum Gasteiger partial charge on any atom is -0.372 e. The second-order valence-electron chi connectivity index (χ2n) is 13.0. The molecule has 3 heterocycles. The van der Waals surface area contributed by atoms with Gasteiger partial charge in [-0.15, -0.1) is 5.10 Å². The van der Waals surface area contributed by atoms with E-state index in [1.165, 1.54) is 15.8 Å². The molecule has 2 aromatic carbocycles. The molecule has 0 spiro atoms. The fourth-order valence-electron chi connectivity index (χ4n) is 6.22. The van der Waals surface area contributed by atoms with Gasteiger partial charge < -0.3 is 36.6 Å². The summed E-state index contributed by atoms with van der Waals surface area (Å²) < 4.78 is 7.12. The lowest BCUT2D eigenvalue weighted by Gasteiger charge is -2.28. The Kier molecular flexibility index (Phi) is 11.7. The van der Waals surface area contributed by atoms with Crippen LogP contribution >= 0.6 is 0 Å². The number of nitrogens with one attached hydrogen (secondary N) is 4. The maximum absolute atomic E-state index is 14.2. The predicted molar refractivity (Wildman–Crippen MR) is 180 cm³/mol. The fourth-order valence-corrected chi connectivity index (χ4v) is 6.22. The lowest BCUT2D eigenvalue weighted by molar-refractivity contribution is -0.140. The van der Waals surface area contributed by atoms with E-state index in [2.05, 4.69) is 31.6 Å². The SMILES string of the molecule is CC(C)C[C@H](NC(=O)[C@@H]1COCc2cnnn2CC(=O)NCC(=O)N2CCC[C@H]2C(=O)N[C@@H](Cc2cccc3ccccc23)C(=O)N1)C(N)=O. The van der Waals surface area contributed by atoms with E-state index in [9.17, 15) is 28.8 Å². The zero-order valence-corrected chi connectivity index (χ0v) is 28.1. The zero-order chi connectivity index (χ0) is 35.8. The van der Waals surface area contributed by atoms with Gasteiger partial charge in [-0.2, -0.15) is 0 Å². The van der Waals surface area contributed by atoms with Crippen LogP contribution < -0.4 is 27.0 Å². The van der Waals surface area contributed by atoms with Crippen molar-refractivity contribution < 1.29 is 33.5 Å². The number of hydrogen-bond donors (Lipinski definition) is 5. The first-order valence-corrected chi connectivity index (χ1v) is 16.7. The molecule has 4 atom stereocenters. The van der Waals surface area contributed by atoms with Gasteiger partial charge in [0.1, 0.15) is 30.7 Å². The van der Waals surface area contributed by atoms with Gasteiger partial charge in [0.2, 0.25) is 35.4 Å². The number of primary amides is 1. The smallest absolute Gasteiger partial charge is 0.245 e. The third-order valence-electron chi connectivity index (χ3n) is 8.78. The van der Waals surface area contributed by atoms with Crippen LogP contribution in [0.3, 0.4) is 0 Å². The highest BCUT2D eigenvalue weighted by Gasteiger charge is 2.37. The number of carbonyl (C=O) groups excluding carboxylic acids is 6. The van der Waals surface area contributed by atoms with Crippen LogP contribution in [-0.4, -0.2) is 99.2 Å². The summed E-state index contributed by atoms with van der Waals surface area (Å²) in [6.45, 7) is 2.97. The molecule has 0 bridgehead atoms. The van der Waals surface area contributed by atoms with Gasteiger partial charge in [-0.3, -0.25) is 28.8 Å². The molecule has 50 heavy (non-hydrogen) atoms. The summed E-state index contributed by atoms with van der Waals surface area (Å²) in [5.41, 5.74) is 6.76. The molecule has 0 saturated carbocycles. The summed E-state index contributed by atoms with van der Waals surface area (Å²) in [4.78, 5) is 81.2. The first kappa shape index (κ1) is 35.9. The minimum atomic E-state index is -1.32. The van der Waals surface area contributed by atoms with Gasteiger partial charge in [-0.25, -0.2) is 4.68 Å². The van der Waals surface area contributed by atoms with E-state index in [1.807, 2.05) is 56.3 Å². The molecule has 1 fully saturated rings. The van der Waals surface area contributed by atoms with Crippen LogP contribution in [0.15, 0.2) is 48.7 Å². The van der Waals surface area contributed by atoms with E-state index in [0.717, 1.165) is 16.3 Å². The number of ether oxygens (including phenoxy) is 1. The second-order valence-corrected chi connectivity index (χ2v) is 13.0. The van der Waals surface area contributed by atoms with Crippen LogP contribution in [0.2, 0.25) is 0 Å². The molecule has 0 radical (unpaired) electrons. The average molecular weight is 690 g/mol. The van der Waals surface area contributed by atoms with Crippen LogP contribution in [0.25, 0.3) is 10.8 Å². The Bertz CT molecular complexity index is 1740. The monoisotopic (exact) mass is 689 g/mol. The molecule has 16 heteroatoms. The Labute approximate surface area is 288 Å². The van der Waals surface area contributed by atoms with Gasteiger partial charge in [-0.1, -0.05) is 61.5 Å². The third-order valence-corrected chi connectivity index (χ3v) is 8.78. The topological polar surface area (TPSA) is 220 Å². The number of amides is 6. The largest absolute Gasteiger partial charge is 0.372 e. The molecule has 2 aliphatic rings. The molecule has 5 rings (SSSR count). The Hall–Kier alpha value is -5.38. The van der Waals surface area contributed by atoms with Crippen molar-refractivity contribution in [1.82, 2.24) is 41.2 Å². The molecule has 16 nitrogen and oxygen atoms in total. The van der Waals surface area contributed by atoms with Crippen molar-refractivity contribution in [2.24, 2.45) is 11.7 Å². The van der Waals surface area contributed by atoms with Gasteiger partial charge in [0.05, 0.1) is 31.6 Å². The Morgan fingerprint density at radius 2 is 1.84 bits per heavy atom. The van der Waals surface area contributed by atoms with Crippen LogP contribution in [0.5, 0.6) is 0 Å². The maximum atomic E-state index is 14.2. The highest BCUT2D eigenvalue weighted by atomic mass is 16.5. The number of benzene rings is 2. The predicted octanol–water partition coefficient (Wildman–Crippen LogP) is -0.703. The van der Waals surface area contributed by atoms with Crippen LogP contribution in [0.1, 0.15) is 44.4 Å². The fraction of sp³-hybridized carbons (Fsp3) is 0.471. The number of rotatable bonds is 7. The minimum absolute atomic E-state index is 0.0243. The number of nitrogens with two attached hydrogens (primary N) is 1. The van der Waals surface area contributed by atoms with Crippen LogP contribution in [0.4, 0.5) is 0 Å². The summed E-state index contributed by atoms with van der Waals surface area (Å²) in [7, 11) is 0. The van der Waals surface area contributed by atoms with Crippen LogP contribution in [-0.2, 0) is 53.1 Å². The lowest BCUT2D eigenvalue weighted by atomic mass is 9.97. The average Bonchev–Trinajstić information content (AvgIpc) is 3.75. The van der Waals surface area contributed by atoms with E-state index in [1.54, 1.807) is 0 Å². The normalized spacial score (nSPS) is 21.7. The molecular weight excluding hydrogens is 646 g/mol. The third kappa shape index (κ3) is 8.99. The van der Waals surface area contributed by atoms with Crippen LogP contribution in [0, 0.1) is 5.92 Å². The molecule has 1 saturated heterocycles. The van der Waals surface area contributed by atoms with Gasteiger partial charge in [0, 0.05) is 13.0 Å². The molecule has 0 unspecified atom stereocenters. The van der Waals surface area contributed by atoms with Gasteiger partial charge in [0.15, 0.2) is 0 Å². The van der Waals surface area contributed by atoms with Crippen molar-refractivity contribution in [3.05, 3.63) is 59.9 Å². The van der Waals surface area contributed by atoms with Gasteiger partial charge in [0.25, 0.3) is 0 Å². The molecule has 2 aliphatic heterocycles. The highest BCUT2D eigenvalue weighted by Crippen LogP contribution is 2.22. The molecular formula is C34H43N9O7. The van der Waals surface area contributed by atoms with Crippen molar-refractivity contribution in [2.75, 3.05) is 19.7 Å². The van der Waals surface area contributed by atoms with Crippen molar-refractivity contribution in [3.63, 3.8) is 0 Å². The Morgan fingerprint density at radius 1 is 1.06 bits per heavy atom. The van der Waals surface area contributed by atoms with Crippen molar-refractivity contribution in [2.45, 2.75) is 76.8 Å². The summed E-state index contributed by atoms with van der Waals surface area (Å²) in [6.07, 6.45) is 2.64. The lowest BCUT2D eigenvalue weighted by Crippen LogP contribution is -2.59. The van der Waals surface area contributed by atoms with Crippen molar-refractivity contribution in [1.29, 1.82) is 0 Å². The first-order valence-electron chi connectivity index (χ1n) is 16.7. The summed E-state index contributed by atoms with van der Waals surface area (Å²) in [5.74, 6) is -3.60. The number of nitrogens with zero attached hydrogens (tertiary/aromatic N) is 4. The zero-order valence-electron chi connectivity index (χ0n) is 28.1. The Balaban J connectivity index is 1.48. The maximum Gasteiger partial charge on any atom is 0.245 e. The molecule has 6 N–H and O–H groups in total.